The highest BCUT2D eigenvalue weighted by Gasteiger charge is 2.11. The van der Waals surface area contributed by atoms with Crippen LogP contribution in [0.4, 0.5) is 0 Å². The van der Waals surface area contributed by atoms with E-state index < -0.39 is 0 Å². The molecule has 0 fully saturated rings. The second-order valence-corrected chi connectivity index (χ2v) is 6.50. The number of fused-ring (bicyclic) bond motifs is 1. The maximum Gasteiger partial charge on any atom is 0.0244 e. The summed E-state index contributed by atoms with van der Waals surface area (Å²) in [6.45, 7) is 4.35. The predicted molar refractivity (Wildman–Crippen MR) is 73.2 cm³/mol. The lowest BCUT2D eigenvalue weighted by molar-refractivity contribution is 0.333. The first-order valence-corrected chi connectivity index (χ1v) is 7.00. The van der Waals surface area contributed by atoms with Crippen molar-refractivity contribution in [2.75, 3.05) is 13.6 Å². The molecule has 0 heterocycles. The van der Waals surface area contributed by atoms with Gasteiger partial charge in [-0.05, 0) is 43.0 Å². The Kier molecular flexibility index (Phi) is 4.04. The van der Waals surface area contributed by atoms with Crippen molar-refractivity contribution < 1.29 is 0 Å². The Morgan fingerprint density at radius 2 is 2.06 bits per heavy atom. The predicted octanol–water partition coefficient (Wildman–Crippen LogP) is 3.39. The molecule has 1 aliphatic carbocycles. The number of aryl methyl sites for hydroxylation is 2. The van der Waals surface area contributed by atoms with Gasteiger partial charge in [0.25, 0.3) is 0 Å². The third-order valence-electron chi connectivity index (χ3n) is 3.18. The highest BCUT2D eigenvalue weighted by atomic mass is 79.9. The SMILES string of the molecule is CC(Br)CN(C)Cc1ccc2c(c1)CCC2. The van der Waals surface area contributed by atoms with Crippen molar-refractivity contribution in [2.24, 2.45) is 0 Å². The Hall–Kier alpha value is -0.340. The van der Waals surface area contributed by atoms with Crippen molar-refractivity contribution in [2.45, 2.75) is 37.6 Å². The summed E-state index contributed by atoms with van der Waals surface area (Å²) in [6.07, 6.45) is 3.90. The van der Waals surface area contributed by atoms with Gasteiger partial charge in [-0.3, -0.25) is 0 Å². The van der Waals surface area contributed by atoms with Crippen molar-refractivity contribution in [3.8, 4) is 0 Å². The van der Waals surface area contributed by atoms with E-state index in [1.54, 1.807) is 11.1 Å². The van der Waals surface area contributed by atoms with E-state index in [9.17, 15) is 0 Å². The van der Waals surface area contributed by atoms with E-state index in [1.165, 1.54) is 24.8 Å². The maximum absolute atomic E-state index is 3.60. The monoisotopic (exact) mass is 281 g/mol. The molecule has 1 aromatic rings. The molecule has 2 heteroatoms. The Bertz CT molecular complexity index is 360. The standard InChI is InChI=1S/C14H20BrN/c1-11(15)9-16(2)10-12-6-7-13-4-3-5-14(13)8-12/h6-8,11H,3-5,9-10H2,1-2H3. The Labute approximate surface area is 107 Å². The van der Waals surface area contributed by atoms with Gasteiger partial charge >= 0.3 is 0 Å². The lowest BCUT2D eigenvalue weighted by Crippen LogP contribution is -2.24. The fourth-order valence-electron chi connectivity index (χ4n) is 2.53. The van der Waals surface area contributed by atoms with Crippen LogP contribution in [0, 0.1) is 0 Å². The Balaban J connectivity index is 1.99. The largest absolute Gasteiger partial charge is 0.301 e. The van der Waals surface area contributed by atoms with Crippen LogP contribution in [0.5, 0.6) is 0 Å². The Morgan fingerprint density at radius 3 is 2.81 bits per heavy atom. The third-order valence-corrected chi connectivity index (χ3v) is 3.47. The van der Waals surface area contributed by atoms with Crippen LogP contribution in [-0.2, 0) is 19.4 Å². The number of alkyl halides is 1. The molecule has 0 aliphatic heterocycles. The molecule has 1 aliphatic rings. The summed E-state index contributed by atoms with van der Waals surface area (Å²) < 4.78 is 0. The molecular formula is C14H20BrN. The van der Waals surface area contributed by atoms with Gasteiger partial charge in [-0.1, -0.05) is 41.1 Å². The van der Waals surface area contributed by atoms with Gasteiger partial charge in [-0.25, -0.2) is 0 Å². The number of nitrogens with zero attached hydrogens (tertiary/aromatic N) is 1. The van der Waals surface area contributed by atoms with Crippen LogP contribution >= 0.6 is 15.9 Å². The Morgan fingerprint density at radius 1 is 1.31 bits per heavy atom. The van der Waals surface area contributed by atoms with Gasteiger partial charge in [0, 0.05) is 17.9 Å². The fourth-order valence-corrected chi connectivity index (χ4v) is 3.02. The third kappa shape index (κ3) is 3.08. The summed E-state index contributed by atoms with van der Waals surface area (Å²) in [4.78, 5) is 2.93. The zero-order valence-corrected chi connectivity index (χ0v) is 11.8. The van der Waals surface area contributed by atoms with Crippen LogP contribution < -0.4 is 0 Å². The van der Waals surface area contributed by atoms with Crippen molar-refractivity contribution >= 4 is 15.9 Å². The lowest BCUT2D eigenvalue weighted by atomic mass is 10.1. The highest BCUT2D eigenvalue weighted by Crippen LogP contribution is 2.23. The summed E-state index contributed by atoms with van der Waals surface area (Å²) in [5.41, 5.74) is 4.61. The van der Waals surface area contributed by atoms with E-state index in [2.05, 4.69) is 53.0 Å². The first-order chi connectivity index (χ1) is 7.65. The first-order valence-electron chi connectivity index (χ1n) is 6.08. The first kappa shape index (κ1) is 12.1. The summed E-state index contributed by atoms with van der Waals surface area (Å²) in [5.74, 6) is 0. The van der Waals surface area contributed by atoms with Gasteiger partial charge < -0.3 is 4.90 Å². The number of benzene rings is 1. The quantitative estimate of drug-likeness (QED) is 0.765. The number of hydrogen-bond donors (Lipinski definition) is 0. The lowest BCUT2D eigenvalue weighted by Gasteiger charge is -2.18. The van der Waals surface area contributed by atoms with Gasteiger partial charge in [0.15, 0.2) is 0 Å². The average Bonchev–Trinajstić information content (AvgIpc) is 2.63. The van der Waals surface area contributed by atoms with Crippen LogP contribution in [-0.4, -0.2) is 23.3 Å². The van der Waals surface area contributed by atoms with Crippen molar-refractivity contribution in [3.05, 3.63) is 34.9 Å². The maximum atomic E-state index is 3.60. The van der Waals surface area contributed by atoms with E-state index >= 15 is 0 Å². The van der Waals surface area contributed by atoms with Crippen LogP contribution in [0.3, 0.4) is 0 Å². The molecule has 0 bridgehead atoms. The molecule has 2 rings (SSSR count). The second kappa shape index (κ2) is 5.33. The fraction of sp³-hybridized carbons (Fsp3) is 0.571. The molecular weight excluding hydrogens is 262 g/mol. The van der Waals surface area contributed by atoms with Crippen LogP contribution in [0.1, 0.15) is 30.0 Å². The van der Waals surface area contributed by atoms with E-state index in [-0.39, 0.29) is 0 Å². The molecule has 1 aromatic carbocycles. The van der Waals surface area contributed by atoms with E-state index in [4.69, 9.17) is 0 Å². The molecule has 0 saturated carbocycles. The number of halogens is 1. The van der Waals surface area contributed by atoms with Gasteiger partial charge in [0.1, 0.15) is 0 Å². The van der Waals surface area contributed by atoms with Crippen LogP contribution in [0.25, 0.3) is 0 Å². The van der Waals surface area contributed by atoms with Crippen molar-refractivity contribution in [1.29, 1.82) is 0 Å². The zero-order valence-electron chi connectivity index (χ0n) is 10.2. The highest BCUT2D eigenvalue weighted by molar-refractivity contribution is 9.09. The minimum absolute atomic E-state index is 0.562. The molecule has 0 radical (unpaired) electrons. The molecule has 1 nitrogen and oxygen atoms in total. The minimum Gasteiger partial charge on any atom is -0.301 e. The number of rotatable bonds is 4. The minimum atomic E-state index is 0.562. The summed E-state index contributed by atoms with van der Waals surface area (Å²) in [5, 5.41) is 0. The zero-order chi connectivity index (χ0) is 11.5. The average molecular weight is 282 g/mol. The molecule has 1 unspecified atom stereocenters. The van der Waals surface area contributed by atoms with E-state index in [1.807, 2.05) is 0 Å². The summed E-state index contributed by atoms with van der Waals surface area (Å²) in [7, 11) is 2.19. The molecule has 16 heavy (non-hydrogen) atoms. The summed E-state index contributed by atoms with van der Waals surface area (Å²) in [6, 6.07) is 7.01. The van der Waals surface area contributed by atoms with Gasteiger partial charge in [-0.15, -0.1) is 0 Å². The van der Waals surface area contributed by atoms with Gasteiger partial charge in [0.2, 0.25) is 0 Å². The summed E-state index contributed by atoms with van der Waals surface area (Å²) >= 11 is 3.60. The van der Waals surface area contributed by atoms with E-state index in [0.717, 1.165) is 13.1 Å². The normalized spacial score (nSPS) is 16.5. The van der Waals surface area contributed by atoms with Crippen LogP contribution in [0.15, 0.2) is 18.2 Å². The molecule has 0 aromatic heterocycles. The van der Waals surface area contributed by atoms with Gasteiger partial charge in [0.05, 0.1) is 0 Å². The molecule has 0 saturated heterocycles. The van der Waals surface area contributed by atoms with Gasteiger partial charge in [-0.2, -0.15) is 0 Å². The topological polar surface area (TPSA) is 3.24 Å². The molecule has 88 valence electrons. The molecule has 0 spiro atoms. The number of hydrogen-bond acceptors (Lipinski definition) is 1. The smallest absolute Gasteiger partial charge is 0.0244 e. The molecule has 0 amide bonds. The second-order valence-electron chi connectivity index (χ2n) is 4.93. The molecule has 1 atom stereocenters. The van der Waals surface area contributed by atoms with Crippen LogP contribution in [0.2, 0.25) is 0 Å². The van der Waals surface area contributed by atoms with Crippen molar-refractivity contribution in [1.82, 2.24) is 4.90 Å². The van der Waals surface area contributed by atoms with E-state index in [0.29, 0.717) is 4.83 Å². The molecule has 0 N–H and O–H groups in total. The van der Waals surface area contributed by atoms with Crippen molar-refractivity contribution in [3.63, 3.8) is 0 Å².